The molecular weight excluding hydrogens is 308 g/mol. The lowest BCUT2D eigenvalue weighted by Gasteiger charge is -2.56. The van der Waals surface area contributed by atoms with Crippen molar-refractivity contribution >= 4 is 17.2 Å². The smallest absolute Gasteiger partial charge is 0.273 e. The van der Waals surface area contributed by atoms with E-state index in [4.69, 9.17) is 4.52 Å². The van der Waals surface area contributed by atoms with E-state index in [0.29, 0.717) is 11.5 Å². The van der Waals surface area contributed by atoms with Crippen LogP contribution in [0.4, 0.5) is 0 Å². The summed E-state index contributed by atoms with van der Waals surface area (Å²) in [7, 11) is 0. The predicted molar refractivity (Wildman–Crippen MR) is 88.2 cm³/mol. The molecule has 2 aromatic heterocycles. The second-order valence-corrected chi connectivity index (χ2v) is 8.65. The summed E-state index contributed by atoms with van der Waals surface area (Å²) in [4.78, 5) is 13.7. The Morgan fingerprint density at radius 2 is 1.91 bits per heavy atom. The van der Waals surface area contributed by atoms with Crippen molar-refractivity contribution in [2.45, 2.75) is 44.1 Å². The van der Waals surface area contributed by atoms with Gasteiger partial charge < -0.3 is 9.84 Å². The molecule has 0 atom stereocenters. The molecule has 2 aromatic rings. The number of nitrogens with zero attached hydrogens (tertiary/aromatic N) is 1. The fraction of sp³-hybridized carbons (Fsp3) is 0.556. The highest BCUT2D eigenvalue weighted by atomic mass is 32.1. The van der Waals surface area contributed by atoms with Crippen molar-refractivity contribution in [3.63, 3.8) is 0 Å². The van der Waals surface area contributed by atoms with Crippen LogP contribution in [-0.4, -0.2) is 16.6 Å². The van der Waals surface area contributed by atoms with Crippen LogP contribution in [0.3, 0.4) is 0 Å². The first-order valence-electron chi connectivity index (χ1n) is 8.52. The van der Waals surface area contributed by atoms with Gasteiger partial charge in [0.15, 0.2) is 11.5 Å². The highest BCUT2D eigenvalue weighted by molar-refractivity contribution is 7.13. The van der Waals surface area contributed by atoms with Crippen LogP contribution in [0, 0.1) is 17.8 Å². The van der Waals surface area contributed by atoms with Crippen molar-refractivity contribution in [2.75, 3.05) is 0 Å². The van der Waals surface area contributed by atoms with Crippen LogP contribution in [-0.2, 0) is 0 Å². The van der Waals surface area contributed by atoms with Gasteiger partial charge in [-0.3, -0.25) is 4.79 Å². The van der Waals surface area contributed by atoms with Crippen LogP contribution in [0.1, 0.15) is 49.0 Å². The first-order valence-corrected chi connectivity index (χ1v) is 9.40. The van der Waals surface area contributed by atoms with E-state index in [1.165, 1.54) is 19.3 Å². The molecule has 1 N–H and O–H groups in total. The topological polar surface area (TPSA) is 55.1 Å². The fourth-order valence-electron chi connectivity index (χ4n) is 5.49. The Bertz CT molecular complexity index is 699. The van der Waals surface area contributed by atoms with Gasteiger partial charge in [-0.25, -0.2) is 0 Å². The van der Waals surface area contributed by atoms with Gasteiger partial charge in [-0.2, -0.15) is 0 Å². The SMILES string of the molecule is O=C(NC12CC3CC(CC(C3)C1)C2)c1cc(-c2cccs2)on1. The van der Waals surface area contributed by atoms with E-state index in [0.717, 1.165) is 41.9 Å². The summed E-state index contributed by atoms with van der Waals surface area (Å²) in [5.74, 6) is 3.07. The highest BCUT2D eigenvalue weighted by Gasteiger charge is 2.51. The molecule has 4 aliphatic rings. The zero-order valence-corrected chi connectivity index (χ0v) is 13.8. The van der Waals surface area contributed by atoms with Gasteiger partial charge in [-0.15, -0.1) is 11.3 Å². The first kappa shape index (κ1) is 13.8. The van der Waals surface area contributed by atoms with Gasteiger partial charge in [0.1, 0.15) is 0 Å². The number of thiophene rings is 1. The van der Waals surface area contributed by atoms with Crippen LogP contribution >= 0.6 is 11.3 Å². The maximum Gasteiger partial charge on any atom is 0.273 e. The van der Waals surface area contributed by atoms with E-state index in [-0.39, 0.29) is 11.4 Å². The third kappa shape index (κ3) is 2.33. The lowest BCUT2D eigenvalue weighted by Crippen LogP contribution is -2.59. The molecule has 4 aliphatic carbocycles. The average molecular weight is 328 g/mol. The number of nitrogens with one attached hydrogen (secondary N) is 1. The van der Waals surface area contributed by atoms with E-state index in [9.17, 15) is 4.79 Å². The Labute approximate surface area is 139 Å². The van der Waals surface area contributed by atoms with Crippen molar-refractivity contribution in [2.24, 2.45) is 17.8 Å². The Hall–Kier alpha value is -1.62. The van der Waals surface area contributed by atoms with Crippen LogP contribution in [0.25, 0.3) is 10.6 Å². The van der Waals surface area contributed by atoms with Crippen molar-refractivity contribution in [3.8, 4) is 10.6 Å². The van der Waals surface area contributed by atoms with Gasteiger partial charge >= 0.3 is 0 Å². The molecule has 4 fully saturated rings. The van der Waals surface area contributed by atoms with Gasteiger partial charge in [-0.05, 0) is 67.7 Å². The third-order valence-corrected chi connectivity index (χ3v) is 6.81. The molecule has 4 saturated carbocycles. The first-order chi connectivity index (χ1) is 11.2. The van der Waals surface area contributed by atoms with Crippen LogP contribution in [0.15, 0.2) is 28.1 Å². The second-order valence-electron chi connectivity index (χ2n) is 7.71. The van der Waals surface area contributed by atoms with Crippen molar-refractivity contribution < 1.29 is 9.32 Å². The van der Waals surface area contributed by atoms with Gasteiger partial charge in [0.2, 0.25) is 0 Å². The number of hydrogen-bond acceptors (Lipinski definition) is 4. The van der Waals surface area contributed by atoms with E-state index in [1.807, 2.05) is 17.5 Å². The largest absolute Gasteiger partial charge is 0.355 e. The summed E-state index contributed by atoms with van der Waals surface area (Å²) >= 11 is 1.59. The molecule has 23 heavy (non-hydrogen) atoms. The number of carbonyl (C=O) groups is 1. The summed E-state index contributed by atoms with van der Waals surface area (Å²) in [5, 5.41) is 9.32. The summed E-state index contributed by atoms with van der Waals surface area (Å²) in [5.41, 5.74) is 0.428. The Balaban J connectivity index is 1.36. The van der Waals surface area contributed by atoms with Gasteiger partial charge in [0.05, 0.1) is 4.88 Å². The van der Waals surface area contributed by atoms with Gasteiger partial charge in [0, 0.05) is 11.6 Å². The maximum atomic E-state index is 12.7. The average Bonchev–Trinajstić information content (AvgIpc) is 3.17. The summed E-state index contributed by atoms with van der Waals surface area (Å²) in [6, 6.07) is 5.71. The van der Waals surface area contributed by atoms with Crippen molar-refractivity contribution in [1.82, 2.24) is 10.5 Å². The molecule has 4 bridgehead atoms. The van der Waals surface area contributed by atoms with E-state index < -0.39 is 0 Å². The minimum absolute atomic E-state index is 0.0217. The molecule has 0 aromatic carbocycles. The van der Waals surface area contributed by atoms with E-state index in [1.54, 1.807) is 17.4 Å². The molecule has 0 spiro atoms. The highest BCUT2D eigenvalue weighted by Crippen LogP contribution is 2.55. The molecule has 0 aliphatic heterocycles. The zero-order valence-electron chi connectivity index (χ0n) is 13.0. The van der Waals surface area contributed by atoms with Crippen LogP contribution in [0.2, 0.25) is 0 Å². The normalized spacial score (nSPS) is 34.7. The quantitative estimate of drug-likeness (QED) is 0.923. The Morgan fingerprint density at radius 1 is 1.22 bits per heavy atom. The molecule has 6 rings (SSSR count). The molecule has 0 unspecified atom stereocenters. The molecular formula is C18H20N2O2S. The molecule has 120 valence electrons. The maximum absolute atomic E-state index is 12.7. The van der Waals surface area contributed by atoms with E-state index >= 15 is 0 Å². The van der Waals surface area contributed by atoms with Crippen molar-refractivity contribution in [3.05, 3.63) is 29.3 Å². The van der Waals surface area contributed by atoms with Gasteiger partial charge in [-0.1, -0.05) is 11.2 Å². The number of hydrogen-bond donors (Lipinski definition) is 1. The Morgan fingerprint density at radius 3 is 2.52 bits per heavy atom. The lowest BCUT2D eigenvalue weighted by atomic mass is 9.53. The fourth-order valence-corrected chi connectivity index (χ4v) is 6.16. The summed E-state index contributed by atoms with van der Waals surface area (Å²) in [6.07, 6.45) is 7.59. The molecule has 5 heteroatoms. The third-order valence-electron chi connectivity index (χ3n) is 5.92. The molecule has 0 radical (unpaired) electrons. The minimum atomic E-state index is -0.0708. The second kappa shape index (κ2) is 4.94. The summed E-state index contributed by atoms with van der Waals surface area (Å²) in [6.45, 7) is 0. The predicted octanol–water partition coefficient (Wildman–Crippen LogP) is 4.10. The standard InChI is InChI=1S/C18H20N2O2S/c21-17(14-7-15(22-20-14)16-2-1-3-23-16)19-18-8-11-4-12(9-18)6-13(5-11)10-18/h1-3,7,11-13H,4-6,8-10H2,(H,19,21). The number of amides is 1. The van der Waals surface area contributed by atoms with E-state index in [2.05, 4.69) is 10.5 Å². The van der Waals surface area contributed by atoms with Crippen LogP contribution < -0.4 is 5.32 Å². The minimum Gasteiger partial charge on any atom is -0.355 e. The zero-order chi connectivity index (χ0) is 15.4. The lowest BCUT2D eigenvalue weighted by molar-refractivity contribution is -0.0168. The monoisotopic (exact) mass is 328 g/mol. The summed E-state index contributed by atoms with van der Waals surface area (Å²) < 4.78 is 5.35. The number of rotatable bonds is 3. The number of aromatic nitrogens is 1. The Kier molecular flexibility index (Phi) is 2.96. The molecule has 1 amide bonds. The van der Waals surface area contributed by atoms with Crippen LogP contribution in [0.5, 0.6) is 0 Å². The molecule has 2 heterocycles. The molecule has 4 nitrogen and oxygen atoms in total. The number of carbonyl (C=O) groups excluding carboxylic acids is 1. The molecule has 0 saturated heterocycles. The van der Waals surface area contributed by atoms with Gasteiger partial charge in [0.25, 0.3) is 5.91 Å². The van der Waals surface area contributed by atoms with Crippen molar-refractivity contribution in [1.29, 1.82) is 0 Å².